The van der Waals surface area contributed by atoms with Crippen molar-refractivity contribution in [1.82, 2.24) is 9.97 Å². The first kappa shape index (κ1) is 10.3. The Bertz CT molecular complexity index is 536. The molecule has 1 aromatic heterocycles. The molecule has 0 unspecified atom stereocenters. The number of fused-ring (bicyclic) bond motifs is 1. The quantitative estimate of drug-likeness (QED) is 0.811. The van der Waals surface area contributed by atoms with Crippen molar-refractivity contribution in [2.24, 2.45) is 0 Å². The second-order valence-corrected chi connectivity index (χ2v) is 4.48. The molecule has 1 aliphatic carbocycles. The van der Waals surface area contributed by atoms with E-state index in [1.165, 1.54) is 17.5 Å². The van der Waals surface area contributed by atoms with Crippen LogP contribution in [0.4, 0.5) is 5.82 Å². The second-order valence-electron chi connectivity index (χ2n) is 4.48. The Kier molecular flexibility index (Phi) is 2.52. The minimum atomic E-state index is 0.309. The average Bonchev–Trinajstić information content (AvgIpc) is 2.38. The summed E-state index contributed by atoms with van der Waals surface area (Å²) < 4.78 is 0. The first-order valence-electron chi connectivity index (χ1n) is 6.01. The van der Waals surface area contributed by atoms with Crippen molar-refractivity contribution in [2.45, 2.75) is 25.2 Å². The molecule has 3 heteroatoms. The molecule has 0 radical (unpaired) electrons. The molecular weight excluding hydrogens is 210 g/mol. The van der Waals surface area contributed by atoms with E-state index in [9.17, 15) is 0 Å². The lowest BCUT2D eigenvalue weighted by molar-refractivity contribution is 0.591. The number of nitrogens with zero attached hydrogens (tertiary/aromatic N) is 2. The molecule has 0 spiro atoms. The summed E-state index contributed by atoms with van der Waals surface area (Å²) in [5, 5.41) is 0. The molecule has 0 saturated heterocycles. The summed E-state index contributed by atoms with van der Waals surface area (Å²) in [5.41, 5.74) is 8.52. The Morgan fingerprint density at radius 1 is 1.18 bits per heavy atom. The van der Waals surface area contributed by atoms with Crippen molar-refractivity contribution < 1.29 is 0 Å². The third kappa shape index (κ3) is 1.88. The van der Waals surface area contributed by atoms with Crippen LogP contribution in [-0.4, -0.2) is 9.97 Å². The highest BCUT2D eigenvalue weighted by Gasteiger charge is 2.23. The SMILES string of the molecule is Nc1ccnc([C@@H]2CCCc3ccccc32)n1. The lowest BCUT2D eigenvalue weighted by atomic mass is 9.82. The Morgan fingerprint density at radius 3 is 2.94 bits per heavy atom. The number of hydrogen-bond acceptors (Lipinski definition) is 3. The van der Waals surface area contributed by atoms with Crippen molar-refractivity contribution in [3.05, 3.63) is 53.5 Å². The zero-order valence-corrected chi connectivity index (χ0v) is 9.63. The second kappa shape index (κ2) is 4.17. The van der Waals surface area contributed by atoms with Crippen LogP contribution >= 0.6 is 0 Å². The van der Waals surface area contributed by atoms with Crippen LogP contribution in [-0.2, 0) is 6.42 Å². The van der Waals surface area contributed by atoms with E-state index in [4.69, 9.17) is 5.73 Å². The van der Waals surface area contributed by atoms with Crippen LogP contribution in [0.3, 0.4) is 0 Å². The third-order valence-electron chi connectivity index (χ3n) is 3.38. The normalized spacial score (nSPS) is 18.7. The van der Waals surface area contributed by atoms with Crippen molar-refractivity contribution in [3.8, 4) is 0 Å². The zero-order chi connectivity index (χ0) is 11.7. The molecule has 2 N–H and O–H groups in total. The summed E-state index contributed by atoms with van der Waals surface area (Å²) in [6.07, 6.45) is 5.21. The number of hydrogen-bond donors (Lipinski definition) is 1. The fraction of sp³-hybridized carbons (Fsp3) is 0.286. The van der Waals surface area contributed by atoms with Crippen molar-refractivity contribution >= 4 is 5.82 Å². The summed E-state index contributed by atoms with van der Waals surface area (Å²) in [5.74, 6) is 1.72. The fourth-order valence-electron chi connectivity index (χ4n) is 2.58. The van der Waals surface area contributed by atoms with E-state index < -0.39 is 0 Å². The monoisotopic (exact) mass is 225 g/mol. The van der Waals surface area contributed by atoms with Crippen LogP contribution in [0.25, 0.3) is 0 Å². The highest BCUT2D eigenvalue weighted by molar-refractivity contribution is 5.37. The molecule has 0 aliphatic heterocycles. The molecule has 1 heterocycles. The number of anilines is 1. The van der Waals surface area contributed by atoms with E-state index in [0.717, 1.165) is 18.7 Å². The predicted molar refractivity (Wildman–Crippen MR) is 67.7 cm³/mol. The summed E-state index contributed by atoms with van der Waals surface area (Å²) in [7, 11) is 0. The molecule has 17 heavy (non-hydrogen) atoms. The molecule has 0 bridgehead atoms. The largest absolute Gasteiger partial charge is 0.384 e. The highest BCUT2D eigenvalue weighted by Crippen LogP contribution is 2.34. The minimum Gasteiger partial charge on any atom is -0.384 e. The molecule has 86 valence electrons. The summed E-state index contributed by atoms with van der Waals surface area (Å²) in [4.78, 5) is 8.73. The standard InChI is InChI=1S/C14H15N3/c15-13-8-9-16-14(17-13)12-7-3-5-10-4-1-2-6-11(10)12/h1-2,4,6,8-9,12H,3,5,7H2,(H2,15,16,17)/t12-/m1/s1. The molecule has 0 amide bonds. The van der Waals surface area contributed by atoms with E-state index in [2.05, 4.69) is 34.2 Å². The number of aromatic nitrogens is 2. The molecular formula is C14H15N3. The molecule has 3 nitrogen and oxygen atoms in total. The Labute approximate surface area is 101 Å². The number of rotatable bonds is 1. The van der Waals surface area contributed by atoms with Gasteiger partial charge in [-0.3, -0.25) is 0 Å². The number of benzene rings is 1. The average molecular weight is 225 g/mol. The van der Waals surface area contributed by atoms with Gasteiger partial charge in [-0.15, -0.1) is 0 Å². The van der Waals surface area contributed by atoms with Crippen LogP contribution in [0.2, 0.25) is 0 Å². The van der Waals surface area contributed by atoms with Gasteiger partial charge in [-0.2, -0.15) is 0 Å². The van der Waals surface area contributed by atoms with Gasteiger partial charge in [0.05, 0.1) is 0 Å². The maximum absolute atomic E-state index is 5.73. The maximum atomic E-state index is 5.73. The van der Waals surface area contributed by atoms with Gasteiger partial charge in [0, 0.05) is 12.1 Å². The lowest BCUT2D eigenvalue weighted by Gasteiger charge is -2.24. The Balaban J connectivity index is 2.06. The molecule has 3 rings (SSSR count). The van der Waals surface area contributed by atoms with Crippen LogP contribution in [0.15, 0.2) is 36.5 Å². The predicted octanol–water partition coefficient (Wildman–Crippen LogP) is 2.53. The van der Waals surface area contributed by atoms with Gasteiger partial charge in [0.25, 0.3) is 0 Å². The van der Waals surface area contributed by atoms with E-state index in [1.807, 2.05) is 0 Å². The maximum Gasteiger partial charge on any atom is 0.138 e. The van der Waals surface area contributed by atoms with Gasteiger partial charge in [0.1, 0.15) is 11.6 Å². The smallest absolute Gasteiger partial charge is 0.138 e. The van der Waals surface area contributed by atoms with E-state index in [-0.39, 0.29) is 0 Å². The molecule has 0 fully saturated rings. The molecule has 1 aliphatic rings. The topological polar surface area (TPSA) is 51.8 Å². The minimum absolute atomic E-state index is 0.309. The first-order valence-corrected chi connectivity index (χ1v) is 6.01. The van der Waals surface area contributed by atoms with Crippen molar-refractivity contribution in [3.63, 3.8) is 0 Å². The fourth-order valence-corrected chi connectivity index (χ4v) is 2.58. The first-order chi connectivity index (χ1) is 8.34. The van der Waals surface area contributed by atoms with Crippen LogP contribution in [0.1, 0.15) is 35.7 Å². The van der Waals surface area contributed by atoms with Gasteiger partial charge in [-0.1, -0.05) is 24.3 Å². The number of nitrogen functional groups attached to an aromatic ring is 1. The van der Waals surface area contributed by atoms with Crippen LogP contribution in [0.5, 0.6) is 0 Å². The van der Waals surface area contributed by atoms with E-state index >= 15 is 0 Å². The Hall–Kier alpha value is -1.90. The van der Waals surface area contributed by atoms with Gasteiger partial charge in [0.2, 0.25) is 0 Å². The highest BCUT2D eigenvalue weighted by atomic mass is 14.9. The van der Waals surface area contributed by atoms with Gasteiger partial charge >= 0.3 is 0 Å². The van der Waals surface area contributed by atoms with Gasteiger partial charge < -0.3 is 5.73 Å². The molecule has 1 aromatic carbocycles. The van der Waals surface area contributed by atoms with Gasteiger partial charge in [-0.05, 0) is 36.5 Å². The number of nitrogens with two attached hydrogens (primary N) is 1. The third-order valence-corrected chi connectivity index (χ3v) is 3.38. The molecule has 1 atom stereocenters. The van der Waals surface area contributed by atoms with E-state index in [1.54, 1.807) is 12.3 Å². The zero-order valence-electron chi connectivity index (χ0n) is 9.63. The summed E-state index contributed by atoms with van der Waals surface area (Å²) >= 11 is 0. The Morgan fingerprint density at radius 2 is 2.06 bits per heavy atom. The number of aryl methyl sites for hydroxylation is 1. The summed E-state index contributed by atoms with van der Waals surface area (Å²) in [6, 6.07) is 10.3. The van der Waals surface area contributed by atoms with Crippen LogP contribution in [0, 0.1) is 0 Å². The lowest BCUT2D eigenvalue weighted by Crippen LogP contribution is -2.14. The van der Waals surface area contributed by atoms with Gasteiger partial charge in [-0.25, -0.2) is 9.97 Å². The van der Waals surface area contributed by atoms with Gasteiger partial charge in [0.15, 0.2) is 0 Å². The summed E-state index contributed by atoms with van der Waals surface area (Å²) in [6.45, 7) is 0. The van der Waals surface area contributed by atoms with Crippen molar-refractivity contribution in [1.29, 1.82) is 0 Å². The van der Waals surface area contributed by atoms with E-state index in [0.29, 0.717) is 11.7 Å². The molecule has 0 saturated carbocycles. The van der Waals surface area contributed by atoms with Crippen molar-refractivity contribution in [2.75, 3.05) is 5.73 Å². The van der Waals surface area contributed by atoms with Crippen LogP contribution < -0.4 is 5.73 Å². The molecule has 2 aromatic rings.